The molecule has 0 aromatic heterocycles. The number of anilines is 1. The van der Waals surface area contributed by atoms with E-state index in [1.54, 1.807) is 4.90 Å². The number of sulfonamides is 1. The number of amides is 1. The minimum Gasteiger partial charge on any atom is -0.398 e. The second-order valence-electron chi connectivity index (χ2n) is 4.92. The van der Waals surface area contributed by atoms with E-state index in [0.29, 0.717) is 0 Å². The maximum Gasteiger partial charge on any atom is 0.242 e. The van der Waals surface area contributed by atoms with E-state index in [0.717, 1.165) is 44.1 Å². The number of carbonyl (C=O) groups excluding carboxylic acids is 1. The quantitative estimate of drug-likeness (QED) is 0.782. The Bertz CT molecular complexity index is 628. The van der Waals surface area contributed by atoms with E-state index in [1.807, 2.05) is 0 Å². The molecule has 0 aliphatic carbocycles. The fourth-order valence-electron chi connectivity index (χ4n) is 2.26. The molecule has 1 amide bonds. The summed E-state index contributed by atoms with van der Waals surface area (Å²) in [6.07, 6.45) is 2.08. The minimum absolute atomic E-state index is 0.00547. The van der Waals surface area contributed by atoms with Gasteiger partial charge in [-0.2, -0.15) is 0 Å². The molecule has 1 aromatic rings. The van der Waals surface area contributed by atoms with Crippen molar-refractivity contribution >= 4 is 21.6 Å². The summed E-state index contributed by atoms with van der Waals surface area (Å²) in [5.41, 5.74) is 5.35. The van der Waals surface area contributed by atoms with Gasteiger partial charge in [0.25, 0.3) is 0 Å². The number of halogens is 1. The maximum absolute atomic E-state index is 12.9. The number of nitrogens with two attached hydrogens (primary N) is 1. The van der Waals surface area contributed by atoms with Gasteiger partial charge in [0.05, 0.1) is 5.69 Å². The fraction of sp³-hybridized carbons (Fsp3) is 0.462. The van der Waals surface area contributed by atoms with Crippen LogP contribution >= 0.6 is 0 Å². The first-order valence-corrected chi connectivity index (χ1v) is 8.21. The number of nitrogens with zero attached hydrogens (tertiary/aromatic N) is 1. The van der Waals surface area contributed by atoms with Gasteiger partial charge in [0.15, 0.2) is 0 Å². The Morgan fingerprint density at radius 3 is 2.62 bits per heavy atom. The molecule has 1 heterocycles. The molecule has 116 valence electrons. The summed E-state index contributed by atoms with van der Waals surface area (Å²) in [7, 11) is -3.84. The van der Waals surface area contributed by atoms with Crippen LogP contribution in [0.1, 0.15) is 19.3 Å². The SMILES string of the molecule is Nc1cc(F)ccc1S(=O)(=O)NCCC(=O)N1CCCC1. The van der Waals surface area contributed by atoms with E-state index in [-0.39, 0.29) is 29.5 Å². The Morgan fingerprint density at radius 1 is 1.33 bits per heavy atom. The predicted molar refractivity (Wildman–Crippen MR) is 76.4 cm³/mol. The molecular formula is C13H18FN3O3S. The van der Waals surface area contributed by atoms with Crippen LogP contribution in [0.4, 0.5) is 10.1 Å². The van der Waals surface area contributed by atoms with Crippen LogP contribution in [0.3, 0.4) is 0 Å². The number of likely N-dealkylation sites (tertiary alicyclic amines) is 1. The number of carbonyl (C=O) groups is 1. The van der Waals surface area contributed by atoms with E-state index >= 15 is 0 Å². The second-order valence-corrected chi connectivity index (χ2v) is 6.65. The molecule has 1 aromatic carbocycles. The normalized spacial score (nSPS) is 15.4. The van der Waals surface area contributed by atoms with Crippen molar-refractivity contribution in [1.82, 2.24) is 9.62 Å². The summed E-state index contributed by atoms with van der Waals surface area (Å²) in [5.74, 6) is -0.669. The molecule has 0 unspecified atom stereocenters. The number of hydrogen-bond acceptors (Lipinski definition) is 4. The van der Waals surface area contributed by atoms with Crippen LogP contribution in [0.15, 0.2) is 23.1 Å². The molecule has 0 atom stereocenters. The zero-order chi connectivity index (χ0) is 15.5. The molecule has 0 spiro atoms. The largest absolute Gasteiger partial charge is 0.398 e. The zero-order valence-corrected chi connectivity index (χ0v) is 12.3. The van der Waals surface area contributed by atoms with Crippen LogP contribution in [0, 0.1) is 5.82 Å². The zero-order valence-electron chi connectivity index (χ0n) is 11.5. The number of nitrogens with one attached hydrogen (secondary N) is 1. The van der Waals surface area contributed by atoms with Gasteiger partial charge in [-0.3, -0.25) is 4.79 Å². The number of hydrogen-bond donors (Lipinski definition) is 2. The maximum atomic E-state index is 12.9. The Morgan fingerprint density at radius 2 is 2.00 bits per heavy atom. The molecule has 1 aliphatic heterocycles. The summed E-state index contributed by atoms with van der Waals surface area (Å²) in [6.45, 7) is 1.46. The molecule has 8 heteroatoms. The third-order valence-corrected chi connectivity index (χ3v) is 4.89. The van der Waals surface area contributed by atoms with Crippen molar-refractivity contribution in [2.75, 3.05) is 25.4 Å². The lowest BCUT2D eigenvalue weighted by atomic mass is 10.3. The molecule has 21 heavy (non-hydrogen) atoms. The molecule has 0 bridgehead atoms. The Kier molecular flexibility index (Phi) is 4.79. The lowest BCUT2D eigenvalue weighted by Crippen LogP contribution is -2.32. The summed E-state index contributed by atoms with van der Waals surface area (Å²) in [6, 6.07) is 3.08. The second kappa shape index (κ2) is 6.40. The van der Waals surface area contributed by atoms with Crippen LogP contribution in [0.5, 0.6) is 0 Å². The lowest BCUT2D eigenvalue weighted by Gasteiger charge is -2.15. The molecular weight excluding hydrogens is 297 g/mol. The summed E-state index contributed by atoms with van der Waals surface area (Å²) in [5, 5.41) is 0. The van der Waals surface area contributed by atoms with Gasteiger partial charge in [0.1, 0.15) is 10.7 Å². The highest BCUT2D eigenvalue weighted by atomic mass is 32.2. The van der Waals surface area contributed by atoms with Crippen molar-refractivity contribution < 1.29 is 17.6 Å². The first kappa shape index (κ1) is 15.7. The fourth-order valence-corrected chi connectivity index (χ4v) is 3.40. The van der Waals surface area contributed by atoms with Gasteiger partial charge in [-0.1, -0.05) is 0 Å². The van der Waals surface area contributed by atoms with Crippen molar-refractivity contribution in [2.24, 2.45) is 0 Å². The molecule has 0 saturated carbocycles. The van der Waals surface area contributed by atoms with Crippen molar-refractivity contribution in [3.8, 4) is 0 Å². The van der Waals surface area contributed by atoms with Crippen LogP contribution in [0.2, 0.25) is 0 Å². The third-order valence-electron chi connectivity index (χ3n) is 3.35. The smallest absolute Gasteiger partial charge is 0.242 e. The lowest BCUT2D eigenvalue weighted by molar-refractivity contribution is -0.129. The van der Waals surface area contributed by atoms with Gasteiger partial charge in [0.2, 0.25) is 15.9 Å². The van der Waals surface area contributed by atoms with Crippen molar-refractivity contribution in [1.29, 1.82) is 0 Å². The van der Waals surface area contributed by atoms with Crippen LogP contribution in [0.25, 0.3) is 0 Å². The van der Waals surface area contributed by atoms with E-state index in [2.05, 4.69) is 4.72 Å². The molecule has 6 nitrogen and oxygen atoms in total. The average molecular weight is 315 g/mol. The van der Waals surface area contributed by atoms with Gasteiger partial charge < -0.3 is 10.6 Å². The third kappa shape index (κ3) is 3.92. The average Bonchev–Trinajstić information content (AvgIpc) is 2.91. The van der Waals surface area contributed by atoms with E-state index in [9.17, 15) is 17.6 Å². The van der Waals surface area contributed by atoms with Gasteiger partial charge in [-0.15, -0.1) is 0 Å². The number of nitrogen functional groups attached to an aromatic ring is 1. The van der Waals surface area contributed by atoms with Crippen LogP contribution < -0.4 is 10.5 Å². The van der Waals surface area contributed by atoms with Gasteiger partial charge in [-0.25, -0.2) is 17.5 Å². The van der Waals surface area contributed by atoms with Crippen LogP contribution in [-0.2, 0) is 14.8 Å². The molecule has 1 saturated heterocycles. The highest BCUT2D eigenvalue weighted by Gasteiger charge is 2.20. The summed E-state index contributed by atoms with van der Waals surface area (Å²) >= 11 is 0. The highest BCUT2D eigenvalue weighted by molar-refractivity contribution is 7.89. The number of rotatable bonds is 5. The van der Waals surface area contributed by atoms with E-state index in [1.165, 1.54) is 0 Å². The Labute approximate surface area is 123 Å². The Hall–Kier alpha value is -1.67. The van der Waals surface area contributed by atoms with Crippen molar-refractivity contribution in [3.63, 3.8) is 0 Å². The predicted octanol–water partition coefficient (Wildman–Crippen LogP) is 0.699. The van der Waals surface area contributed by atoms with Crippen LogP contribution in [-0.4, -0.2) is 38.9 Å². The summed E-state index contributed by atoms with van der Waals surface area (Å²) in [4.78, 5) is 13.3. The molecule has 3 N–H and O–H groups in total. The van der Waals surface area contributed by atoms with Gasteiger partial charge >= 0.3 is 0 Å². The van der Waals surface area contributed by atoms with E-state index < -0.39 is 15.8 Å². The first-order chi connectivity index (χ1) is 9.90. The van der Waals surface area contributed by atoms with Gasteiger partial charge in [-0.05, 0) is 31.0 Å². The standard InChI is InChI=1S/C13H18FN3O3S/c14-10-3-4-12(11(15)9-10)21(19,20)16-6-5-13(18)17-7-1-2-8-17/h3-4,9,16H,1-2,5-8,15H2. The van der Waals surface area contributed by atoms with Crippen molar-refractivity contribution in [3.05, 3.63) is 24.0 Å². The minimum atomic E-state index is -3.84. The molecule has 1 aliphatic rings. The Balaban J connectivity index is 1.93. The van der Waals surface area contributed by atoms with E-state index in [4.69, 9.17) is 5.73 Å². The first-order valence-electron chi connectivity index (χ1n) is 6.72. The summed E-state index contributed by atoms with van der Waals surface area (Å²) < 4.78 is 39.3. The highest BCUT2D eigenvalue weighted by Crippen LogP contribution is 2.18. The monoisotopic (exact) mass is 315 g/mol. The van der Waals surface area contributed by atoms with Crippen molar-refractivity contribution in [2.45, 2.75) is 24.2 Å². The molecule has 1 fully saturated rings. The number of benzene rings is 1. The van der Waals surface area contributed by atoms with Gasteiger partial charge in [0, 0.05) is 26.1 Å². The topological polar surface area (TPSA) is 92.5 Å². The molecule has 2 rings (SSSR count). The molecule has 0 radical (unpaired) electrons.